The second-order valence-corrected chi connectivity index (χ2v) is 6.56. The number of alkyl carbamates (subject to hydrolysis) is 1. The molecule has 0 fully saturated rings. The Hall–Kier alpha value is -1.48. The highest BCUT2D eigenvalue weighted by Gasteiger charge is 2.32. The fraction of sp³-hybridized carbons (Fsp3) is 0.786. The van der Waals surface area contributed by atoms with Crippen LogP contribution in [0.2, 0.25) is 0 Å². The quantitative estimate of drug-likeness (QED) is 0.305. The second-order valence-electron chi connectivity index (χ2n) is 5.58. The topological polar surface area (TPSA) is 100 Å². The largest absolute Gasteiger partial charge is 0.467 e. The molecule has 23 heavy (non-hydrogen) atoms. The molecule has 0 aliphatic carbocycles. The summed E-state index contributed by atoms with van der Waals surface area (Å²) in [5.74, 6) is -0.825. The van der Waals surface area contributed by atoms with Gasteiger partial charge in [0.05, 0.1) is 20.6 Å². The van der Waals surface area contributed by atoms with Crippen LogP contribution in [-0.2, 0) is 28.0 Å². The monoisotopic (exact) mass is 351 g/mol. The summed E-state index contributed by atoms with van der Waals surface area (Å²) in [5, 5.41) is 2.35. The van der Waals surface area contributed by atoms with E-state index in [0.717, 1.165) is 12.0 Å². The zero-order valence-corrected chi connectivity index (χ0v) is 15.2. The van der Waals surface area contributed by atoms with E-state index < -0.39 is 35.8 Å². The minimum atomic E-state index is -1.16. The Labute approximate surface area is 140 Å². The van der Waals surface area contributed by atoms with E-state index >= 15 is 0 Å². The molecule has 134 valence electrons. The summed E-state index contributed by atoms with van der Waals surface area (Å²) >= 11 is 1.12. The van der Waals surface area contributed by atoms with Crippen LogP contribution in [0.15, 0.2) is 0 Å². The lowest BCUT2D eigenvalue weighted by molar-refractivity contribution is -0.155. The minimum Gasteiger partial charge on any atom is -0.467 e. The Morgan fingerprint density at radius 2 is 1.78 bits per heavy atom. The standard InChI is InChI=1S/C14H25NO7S/c1-9(21-10(16)7-8-23-20-6)11(12(17)19-5)15-13(18)22-14(2,3)4/h9,11H,7-8H2,1-6H3,(H,15,18). The maximum atomic E-state index is 11.8. The van der Waals surface area contributed by atoms with E-state index in [-0.39, 0.29) is 6.42 Å². The van der Waals surface area contributed by atoms with Crippen LogP contribution in [0.5, 0.6) is 0 Å². The average Bonchev–Trinajstić information content (AvgIpc) is 2.42. The Morgan fingerprint density at radius 3 is 2.26 bits per heavy atom. The van der Waals surface area contributed by atoms with E-state index in [1.165, 1.54) is 21.1 Å². The van der Waals surface area contributed by atoms with Crippen LogP contribution in [0, 0.1) is 0 Å². The van der Waals surface area contributed by atoms with Crippen LogP contribution in [0.1, 0.15) is 34.1 Å². The van der Waals surface area contributed by atoms with Crippen molar-refractivity contribution < 1.29 is 32.8 Å². The molecule has 0 bridgehead atoms. The van der Waals surface area contributed by atoms with Gasteiger partial charge in [-0.1, -0.05) is 0 Å². The van der Waals surface area contributed by atoms with Crippen molar-refractivity contribution in [2.75, 3.05) is 20.0 Å². The third-order valence-electron chi connectivity index (χ3n) is 2.42. The second kappa shape index (κ2) is 10.3. The summed E-state index contributed by atoms with van der Waals surface area (Å²) in [7, 11) is 2.67. The van der Waals surface area contributed by atoms with Gasteiger partial charge in [-0.3, -0.25) is 4.79 Å². The van der Waals surface area contributed by atoms with Gasteiger partial charge in [0.1, 0.15) is 11.7 Å². The van der Waals surface area contributed by atoms with Gasteiger partial charge in [-0.15, -0.1) is 0 Å². The third kappa shape index (κ3) is 10.0. The van der Waals surface area contributed by atoms with E-state index in [2.05, 4.69) is 10.1 Å². The van der Waals surface area contributed by atoms with Crippen molar-refractivity contribution in [2.45, 2.75) is 51.9 Å². The number of hydrogen-bond acceptors (Lipinski definition) is 8. The van der Waals surface area contributed by atoms with Crippen molar-refractivity contribution in [1.82, 2.24) is 5.32 Å². The van der Waals surface area contributed by atoms with Crippen LogP contribution >= 0.6 is 12.0 Å². The molecular weight excluding hydrogens is 326 g/mol. The number of rotatable bonds is 8. The first-order valence-corrected chi connectivity index (χ1v) is 7.94. The SMILES string of the molecule is COSCCC(=O)OC(C)C(NC(=O)OC(C)(C)C)C(=O)OC. The van der Waals surface area contributed by atoms with Crippen molar-refractivity contribution in [2.24, 2.45) is 0 Å². The number of hydrogen-bond donors (Lipinski definition) is 1. The number of ether oxygens (including phenoxy) is 3. The first-order chi connectivity index (χ1) is 10.6. The molecular formula is C14H25NO7S. The normalized spacial score (nSPS) is 13.7. The summed E-state index contributed by atoms with van der Waals surface area (Å²) in [6.07, 6.45) is -1.59. The van der Waals surface area contributed by atoms with Crippen LogP contribution in [0.4, 0.5) is 4.79 Å². The van der Waals surface area contributed by atoms with Crippen LogP contribution in [-0.4, -0.2) is 55.8 Å². The van der Waals surface area contributed by atoms with Gasteiger partial charge in [0.25, 0.3) is 0 Å². The highest BCUT2D eigenvalue weighted by Crippen LogP contribution is 2.10. The van der Waals surface area contributed by atoms with Gasteiger partial charge in [0, 0.05) is 5.75 Å². The Balaban J connectivity index is 4.67. The maximum Gasteiger partial charge on any atom is 0.408 e. The molecule has 0 radical (unpaired) electrons. The summed E-state index contributed by atoms with van der Waals surface area (Å²) in [5.41, 5.74) is -0.720. The molecule has 2 unspecified atom stereocenters. The van der Waals surface area contributed by atoms with E-state index in [4.69, 9.17) is 13.7 Å². The number of esters is 2. The summed E-state index contributed by atoms with van der Waals surface area (Å²) in [4.78, 5) is 35.2. The average molecular weight is 351 g/mol. The molecule has 0 spiro atoms. The lowest BCUT2D eigenvalue weighted by Crippen LogP contribution is -2.51. The maximum absolute atomic E-state index is 11.8. The Morgan fingerprint density at radius 1 is 1.17 bits per heavy atom. The molecule has 0 aromatic carbocycles. The molecule has 0 saturated heterocycles. The molecule has 8 nitrogen and oxygen atoms in total. The molecule has 9 heteroatoms. The molecule has 0 aromatic heterocycles. The van der Waals surface area contributed by atoms with Crippen LogP contribution < -0.4 is 5.32 Å². The molecule has 1 N–H and O–H groups in total. The predicted molar refractivity (Wildman–Crippen MR) is 84.8 cm³/mol. The van der Waals surface area contributed by atoms with Gasteiger partial charge in [-0.05, 0) is 39.7 Å². The van der Waals surface area contributed by atoms with Gasteiger partial charge < -0.3 is 23.7 Å². The zero-order valence-electron chi connectivity index (χ0n) is 14.3. The van der Waals surface area contributed by atoms with Crippen LogP contribution in [0.3, 0.4) is 0 Å². The lowest BCUT2D eigenvalue weighted by atomic mass is 10.2. The number of nitrogens with one attached hydrogen (secondary N) is 1. The highest BCUT2D eigenvalue weighted by atomic mass is 32.2. The first kappa shape index (κ1) is 21.5. The third-order valence-corrected chi connectivity index (χ3v) is 3.03. The zero-order chi connectivity index (χ0) is 18.0. The molecule has 0 aliphatic rings. The van der Waals surface area contributed by atoms with Crippen molar-refractivity contribution in [3.63, 3.8) is 0 Å². The van der Waals surface area contributed by atoms with Crippen molar-refractivity contribution in [1.29, 1.82) is 0 Å². The lowest BCUT2D eigenvalue weighted by Gasteiger charge is -2.25. The smallest absolute Gasteiger partial charge is 0.408 e. The molecule has 1 amide bonds. The van der Waals surface area contributed by atoms with Gasteiger partial charge in [0.15, 0.2) is 6.04 Å². The number of methoxy groups -OCH3 is 1. The van der Waals surface area contributed by atoms with E-state index in [9.17, 15) is 14.4 Å². The van der Waals surface area contributed by atoms with Crippen molar-refractivity contribution in [3.8, 4) is 0 Å². The summed E-state index contributed by atoms with van der Waals surface area (Å²) < 4.78 is 19.6. The molecule has 0 aliphatic heterocycles. The molecule has 0 saturated carbocycles. The van der Waals surface area contributed by atoms with Gasteiger partial charge in [-0.25, -0.2) is 9.59 Å². The highest BCUT2D eigenvalue weighted by molar-refractivity contribution is 7.94. The molecule has 0 rings (SSSR count). The van der Waals surface area contributed by atoms with E-state index in [1.807, 2.05) is 0 Å². The molecule has 0 heterocycles. The van der Waals surface area contributed by atoms with Gasteiger partial charge >= 0.3 is 18.0 Å². The summed E-state index contributed by atoms with van der Waals surface area (Å²) in [6, 6.07) is -1.16. The fourth-order valence-electron chi connectivity index (χ4n) is 1.47. The first-order valence-electron chi connectivity index (χ1n) is 7.03. The van der Waals surface area contributed by atoms with E-state index in [1.54, 1.807) is 20.8 Å². The van der Waals surface area contributed by atoms with E-state index in [0.29, 0.717) is 5.75 Å². The minimum absolute atomic E-state index is 0.114. The Bertz CT molecular complexity index is 408. The van der Waals surface area contributed by atoms with Gasteiger partial charge in [-0.2, -0.15) is 0 Å². The number of carbonyl (C=O) groups is 3. The van der Waals surface area contributed by atoms with Crippen molar-refractivity contribution in [3.05, 3.63) is 0 Å². The number of amides is 1. The fourth-order valence-corrected chi connectivity index (χ4v) is 1.89. The number of carbonyl (C=O) groups excluding carboxylic acids is 3. The van der Waals surface area contributed by atoms with Crippen molar-refractivity contribution >= 4 is 30.1 Å². The Kier molecular flexibility index (Phi) is 9.66. The van der Waals surface area contributed by atoms with Crippen LogP contribution in [0.25, 0.3) is 0 Å². The molecule has 0 aromatic rings. The molecule has 2 atom stereocenters. The van der Waals surface area contributed by atoms with Gasteiger partial charge in [0.2, 0.25) is 0 Å². The summed E-state index contributed by atoms with van der Waals surface area (Å²) in [6.45, 7) is 6.56. The predicted octanol–water partition coefficient (Wildman–Crippen LogP) is 1.67.